The van der Waals surface area contributed by atoms with E-state index in [0.717, 1.165) is 33.9 Å². The molecule has 0 unspecified atom stereocenters. The lowest BCUT2D eigenvalue weighted by Gasteiger charge is -2.26. The largest absolute Gasteiger partial charge is 0.349 e. The highest BCUT2D eigenvalue weighted by atomic mass is 32.2. The molecule has 1 aromatic heterocycles. The van der Waals surface area contributed by atoms with Crippen LogP contribution in [0.3, 0.4) is 0 Å². The first-order valence-corrected chi connectivity index (χ1v) is 13.2. The fraction of sp³-hybridized carbons (Fsp3) is 0.280. The molecule has 1 aliphatic carbocycles. The molecule has 33 heavy (non-hydrogen) atoms. The summed E-state index contributed by atoms with van der Waals surface area (Å²) in [5.41, 5.74) is 3.76. The molecule has 1 heterocycles. The molecule has 0 saturated heterocycles. The summed E-state index contributed by atoms with van der Waals surface area (Å²) in [6, 6.07) is 14.6. The molecule has 6 nitrogen and oxygen atoms in total. The summed E-state index contributed by atoms with van der Waals surface area (Å²) < 4.78 is 28.4. The first kappa shape index (κ1) is 23.3. The SMILES string of the molecule is Cc1cc(C)c(S(=O)(=O)Nc2ccc(Sc3ccc(C(=O)NC4CCC4)cn3)cc2)cc1C. The number of aryl methyl sites for hydroxylation is 3. The second kappa shape index (κ2) is 9.57. The van der Waals surface area contributed by atoms with Crippen molar-refractivity contribution in [3.05, 3.63) is 77.0 Å². The molecular weight excluding hydrogens is 454 g/mol. The Morgan fingerprint density at radius 1 is 0.970 bits per heavy atom. The van der Waals surface area contributed by atoms with Crippen LogP contribution < -0.4 is 10.0 Å². The summed E-state index contributed by atoms with van der Waals surface area (Å²) >= 11 is 1.45. The van der Waals surface area contributed by atoms with Crippen molar-refractivity contribution in [2.24, 2.45) is 0 Å². The van der Waals surface area contributed by atoms with Crippen molar-refractivity contribution in [3.8, 4) is 0 Å². The van der Waals surface area contributed by atoms with E-state index >= 15 is 0 Å². The van der Waals surface area contributed by atoms with Crippen LogP contribution >= 0.6 is 11.8 Å². The first-order chi connectivity index (χ1) is 15.7. The molecule has 0 radical (unpaired) electrons. The molecule has 1 saturated carbocycles. The fourth-order valence-corrected chi connectivity index (χ4v) is 5.67. The molecule has 8 heteroatoms. The van der Waals surface area contributed by atoms with Gasteiger partial charge < -0.3 is 5.32 Å². The summed E-state index contributed by atoms with van der Waals surface area (Å²) in [7, 11) is -3.68. The zero-order valence-corrected chi connectivity index (χ0v) is 20.5. The number of rotatable bonds is 7. The number of aromatic nitrogens is 1. The van der Waals surface area contributed by atoms with Crippen molar-refractivity contribution in [2.45, 2.75) is 60.9 Å². The van der Waals surface area contributed by atoms with Crippen LogP contribution in [-0.4, -0.2) is 25.4 Å². The monoisotopic (exact) mass is 481 g/mol. The highest BCUT2D eigenvalue weighted by Gasteiger charge is 2.20. The zero-order valence-electron chi connectivity index (χ0n) is 18.9. The Kier molecular flexibility index (Phi) is 6.76. The van der Waals surface area contributed by atoms with Gasteiger partial charge in [0.2, 0.25) is 0 Å². The average Bonchev–Trinajstić information content (AvgIpc) is 2.75. The molecule has 172 valence electrons. The summed E-state index contributed by atoms with van der Waals surface area (Å²) in [4.78, 5) is 17.8. The lowest BCUT2D eigenvalue weighted by atomic mass is 9.93. The minimum atomic E-state index is -3.68. The fourth-order valence-electron chi connectivity index (χ4n) is 3.54. The van der Waals surface area contributed by atoms with E-state index in [1.807, 2.05) is 38.1 Å². The van der Waals surface area contributed by atoms with Gasteiger partial charge in [0.25, 0.3) is 15.9 Å². The van der Waals surface area contributed by atoms with E-state index in [0.29, 0.717) is 22.9 Å². The van der Waals surface area contributed by atoms with Crippen molar-refractivity contribution in [2.75, 3.05) is 4.72 Å². The Labute approximate surface area is 199 Å². The molecule has 3 aromatic rings. The standard InChI is InChI=1S/C25H27N3O3S2/c1-16-13-18(3)23(14-17(16)2)33(30,31)28-21-8-10-22(11-9-21)32-24-12-7-19(15-26-24)25(29)27-20-5-4-6-20/h7-15,20,28H,4-6H2,1-3H3,(H,27,29). The Balaban J connectivity index is 1.40. The number of sulfonamides is 1. The summed E-state index contributed by atoms with van der Waals surface area (Å²) in [6.07, 6.45) is 4.85. The van der Waals surface area contributed by atoms with Crippen LogP contribution in [0.2, 0.25) is 0 Å². The molecule has 2 N–H and O–H groups in total. The predicted molar refractivity (Wildman–Crippen MR) is 131 cm³/mol. The van der Waals surface area contributed by atoms with E-state index in [2.05, 4.69) is 15.0 Å². The average molecular weight is 482 g/mol. The number of nitrogens with one attached hydrogen (secondary N) is 2. The van der Waals surface area contributed by atoms with Gasteiger partial charge in [0.1, 0.15) is 5.03 Å². The quantitative estimate of drug-likeness (QED) is 0.482. The summed E-state index contributed by atoms with van der Waals surface area (Å²) in [5, 5.41) is 3.76. The van der Waals surface area contributed by atoms with E-state index in [4.69, 9.17) is 0 Å². The van der Waals surface area contributed by atoms with Gasteiger partial charge in [-0.25, -0.2) is 13.4 Å². The predicted octanol–water partition coefficient (Wildman–Crippen LogP) is 5.24. The number of carbonyl (C=O) groups excluding carboxylic acids is 1. The van der Waals surface area contributed by atoms with E-state index in [-0.39, 0.29) is 10.8 Å². The minimum Gasteiger partial charge on any atom is -0.349 e. The number of amides is 1. The normalized spacial score (nSPS) is 13.9. The lowest BCUT2D eigenvalue weighted by molar-refractivity contribution is 0.0916. The maximum Gasteiger partial charge on any atom is 0.262 e. The summed E-state index contributed by atoms with van der Waals surface area (Å²) in [6.45, 7) is 5.67. The van der Waals surface area contributed by atoms with Gasteiger partial charge >= 0.3 is 0 Å². The molecule has 2 aromatic carbocycles. The van der Waals surface area contributed by atoms with Crippen LogP contribution in [0.4, 0.5) is 5.69 Å². The van der Waals surface area contributed by atoms with E-state index < -0.39 is 10.0 Å². The number of pyridine rings is 1. The van der Waals surface area contributed by atoms with Crippen LogP contribution in [-0.2, 0) is 10.0 Å². The van der Waals surface area contributed by atoms with Crippen molar-refractivity contribution in [1.29, 1.82) is 0 Å². The first-order valence-electron chi connectivity index (χ1n) is 10.9. The maximum absolute atomic E-state index is 12.9. The van der Waals surface area contributed by atoms with Gasteiger partial charge in [-0.15, -0.1) is 0 Å². The lowest BCUT2D eigenvalue weighted by Crippen LogP contribution is -2.39. The molecule has 0 atom stereocenters. The maximum atomic E-state index is 12.9. The van der Waals surface area contributed by atoms with Crippen molar-refractivity contribution in [3.63, 3.8) is 0 Å². The highest BCUT2D eigenvalue weighted by molar-refractivity contribution is 7.99. The Morgan fingerprint density at radius 2 is 1.67 bits per heavy atom. The number of hydrogen-bond acceptors (Lipinski definition) is 5. The van der Waals surface area contributed by atoms with Gasteiger partial charge in [-0.1, -0.05) is 17.8 Å². The van der Waals surface area contributed by atoms with Gasteiger partial charge in [-0.3, -0.25) is 9.52 Å². The second-order valence-corrected chi connectivity index (χ2v) is 11.2. The van der Waals surface area contributed by atoms with Crippen LogP contribution in [0.15, 0.2) is 69.5 Å². The van der Waals surface area contributed by atoms with E-state index in [1.165, 1.54) is 18.2 Å². The van der Waals surface area contributed by atoms with Gasteiger partial charge in [-0.2, -0.15) is 0 Å². The Morgan fingerprint density at radius 3 is 2.27 bits per heavy atom. The number of carbonyl (C=O) groups is 1. The molecule has 4 rings (SSSR count). The third kappa shape index (κ3) is 5.57. The topological polar surface area (TPSA) is 88.2 Å². The third-order valence-electron chi connectivity index (χ3n) is 5.85. The molecule has 1 fully saturated rings. The van der Waals surface area contributed by atoms with E-state index in [9.17, 15) is 13.2 Å². The van der Waals surface area contributed by atoms with Crippen molar-refractivity contribution in [1.82, 2.24) is 10.3 Å². The molecule has 1 amide bonds. The molecule has 0 aliphatic heterocycles. The molecule has 0 spiro atoms. The smallest absolute Gasteiger partial charge is 0.262 e. The molecule has 1 aliphatic rings. The van der Waals surface area contributed by atoms with Gasteiger partial charge in [0, 0.05) is 22.8 Å². The minimum absolute atomic E-state index is 0.0839. The third-order valence-corrected chi connectivity index (χ3v) is 8.33. The number of anilines is 1. The molecular formula is C25H27N3O3S2. The van der Waals surface area contributed by atoms with Crippen LogP contribution in [0.5, 0.6) is 0 Å². The van der Waals surface area contributed by atoms with Crippen molar-refractivity contribution < 1.29 is 13.2 Å². The summed E-state index contributed by atoms with van der Waals surface area (Å²) in [5.74, 6) is -0.0839. The van der Waals surface area contributed by atoms with E-state index in [1.54, 1.807) is 37.4 Å². The second-order valence-electron chi connectivity index (χ2n) is 8.42. The Hall–Kier alpha value is -2.84. The van der Waals surface area contributed by atoms with Crippen molar-refractivity contribution >= 4 is 33.4 Å². The van der Waals surface area contributed by atoms with Gasteiger partial charge in [0.15, 0.2) is 0 Å². The van der Waals surface area contributed by atoms with Crippen LogP contribution in [0, 0.1) is 20.8 Å². The van der Waals surface area contributed by atoms with Gasteiger partial charge in [0.05, 0.1) is 10.5 Å². The highest BCUT2D eigenvalue weighted by Crippen LogP contribution is 2.28. The van der Waals surface area contributed by atoms with Gasteiger partial charge in [-0.05, 0) is 99.2 Å². The zero-order chi connectivity index (χ0) is 23.6. The number of nitrogens with zero attached hydrogens (tertiary/aromatic N) is 1. The number of hydrogen-bond donors (Lipinski definition) is 2. The number of benzene rings is 2. The van der Waals surface area contributed by atoms with Crippen LogP contribution in [0.25, 0.3) is 0 Å². The Bertz CT molecular complexity index is 1270. The van der Waals surface area contributed by atoms with Crippen LogP contribution in [0.1, 0.15) is 46.3 Å². The molecule has 0 bridgehead atoms.